The second-order valence-corrected chi connectivity index (χ2v) is 6.05. The first kappa shape index (κ1) is 13.6. The number of hydrogen-bond acceptors (Lipinski definition) is 3. The Hall–Kier alpha value is -0.510. The van der Waals surface area contributed by atoms with Gasteiger partial charge in [0.05, 0.1) is 6.04 Å². The van der Waals surface area contributed by atoms with Gasteiger partial charge in [-0.15, -0.1) is 0 Å². The van der Waals surface area contributed by atoms with Crippen molar-refractivity contribution in [1.29, 1.82) is 0 Å². The molecule has 0 fully saturated rings. The van der Waals surface area contributed by atoms with E-state index in [0.717, 1.165) is 5.75 Å². The minimum atomic E-state index is 0.242. The molecule has 0 amide bonds. The van der Waals surface area contributed by atoms with Gasteiger partial charge in [0.25, 0.3) is 0 Å². The lowest BCUT2D eigenvalue weighted by Crippen LogP contribution is -2.30. The summed E-state index contributed by atoms with van der Waals surface area (Å²) < 4.78 is 0. The summed E-state index contributed by atoms with van der Waals surface area (Å²) in [6.45, 7) is 8.69. The predicted octanol–water partition coefficient (Wildman–Crippen LogP) is 2.95. The molecule has 0 aliphatic heterocycles. The molecule has 3 heteroatoms. The Morgan fingerprint density at radius 2 is 1.94 bits per heavy atom. The van der Waals surface area contributed by atoms with Crippen molar-refractivity contribution in [2.24, 2.45) is 5.84 Å². The predicted molar refractivity (Wildman–Crippen MR) is 73.6 cm³/mol. The number of hydrogen-bond donors (Lipinski definition) is 2. The number of hydrazine groups is 1. The first-order valence-corrected chi connectivity index (χ1v) is 6.74. The van der Waals surface area contributed by atoms with Gasteiger partial charge in [0.2, 0.25) is 0 Å². The molecule has 0 saturated heterocycles. The van der Waals surface area contributed by atoms with Crippen LogP contribution in [0.15, 0.2) is 18.2 Å². The molecule has 16 heavy (non-hydrogen) atoms. The number of nitrogens with two attached hydrogens (primary N) is 1. The van der Waals surface area contributed by atoms with E-state index in [0.29, 0.717) is 5.25 Å². The van der Waals surface area contributed by atoms with Crippen LogP contribution in [0, 0.1) is 13.8 Å². The molecule has 0 aliphatic carbocycles. The highest BCUT2D eigenvalue weighted by Gasteiger charge is 2.11. The fraction of sp³-hybridized carbons (Fsp3) is 0.538. The molecule has 0 aliphatic rings. The molecule has 2 nitrogen and oxygen atoms in total. The third-order valence-electron chi connectivity index (χ3n) is 2.73. The Labute approximate surface area is 103 Å². The number of aryl methyl sites for hydroxylation is 2. The van der Waals surface area contributed by atoms with Crippen LogP contribution in [0.25, 0.3) is 0 Å². The minimum Gasteiger partial charge on any atom is -0.271 e. The number of nitrogens with one attached hydrogen (secondary N) is 1. The molecular weight excluding hydrogens is 216 g/mol. The summed E-state index contributed by atoms with van der Waals surface area (Å²) in [5.74, 6) is 6.63. The number of rotatable bonds is 5. The summed E-state index contributed by atoms with van der Waals surface area (Å²) in [6, 6.07) is 6.79. The van der Waals surface area contributed by atoms with Crippen LogP contribution in [0.1, 0.15) is 36.6 Å². The summed E-state index contributed by atoms with van der Waals surface area (Å²) in [5, 5.41) is 0.641. The fourth-order valence-electron chi connectivity index (χ4n) is 1.51. The van der Waals surface area contributed by atoms with E-state index in [2.05, 4.69) is 51.3 Å². The van der Waals surface area contributed by atoms with Crippen molar-refractivity contribution in [2.75, 3.05) is 5.75 Å². The van der Waals surface area contributed by atoms with Gasteiger partial charge in [0, 0.05) is 5.75 Å². The Bertz CT molecular complexity index is 337. The van der Waals surface area contributed by atoms with Crippen molar-refractivity contribution in [1.82, 2.24) is 5.43 Å². The highest BCUT2D eigenvalue weighted by atomic mass is 32.2. The van der Waals surface area contributed by atoms with Crippen molar-refractivity contribution in [3.05, 3.63) is 34.9 Å². The Balaban J connectivity index is 2.74. The van der Waals surface area contributed by atoms with Gasteiger partial charge < -0.3 is 0 Å². The van der Waals surface area contributed by atoms with Gasteiger partial charge in [-0.25, -0.2) is 0 Å². The van der Waals surface area contributed by atoms with Crippen molar-refractivity contribution in [3.63, 3.8) is 0 Å². The number of thioether (sulfide) groups is 1. The van der Waals surface area contributed by atoms with E-state index < -0.39 is 0 Å². The van der Waals surface area contributed by atoms with Gasteiger partial charge in [0.1, 0.15) is 0 Å². The molecule has 1 aromatic rings. The van der Waals surface area contributed by atoms with E-state index in [9.17, 15) is 0 Å². The van der Waals surface area contributed by atoms with E-state index in [-0.39, 0.29) is 6.04 Å². The molecular formula is C13H22N2S. The molecule has 0 radical (unpaired) electrons. The highest BCUT2D eigenvalue weighted by Crippen LogP contribution is 2.22. The zero-order valence-electron chi connectivity index (χ0n) is 10.6. The Kier molecular flexibility index (Phi) is 5.32. The average molecular weight is 238 g/mol. The molecule has 90 valence electrons. The van der Waals surface area contributed by atoms with Crippen molar-refractivity contribution >= 4 is 11.8 Å². The largest absolute Gasteiger partial charge is 0.271 e. The van der Waals surface area contributed by atoms with E-state index in [1.165, 1.54) is 16.7 Å². The molecule has 0 heterocycles. The zero-order chi connectivity index (χ0) is 12.1. The van der Waals surface area contributed by atoms with Gasteiger partial charge in [-0.3, -0.25) is 11.3 Å². The lowest BCUT2D eigenvalue weighted by atomic mass is 10.0. The van der Waals surface area contributed by atoms with Crippen LogP contribution < -0.4 is 11.3 Å². The van der Waals surface area contributed by atoms with E-state index >= 15 is 0 Å². The van der Waals surface area contributed by atoms with Crippen LogP contribution in [0.5, 0.6) is 0 Å². The van der Waals surface area contributed by atoms with E-state index in [1.54, 1.807) is 0 Å². The second kappa shape index (κ2) is 6.28. The molecule has 1 aromatic carbocycles. The summed E-state index contributed by atoms with van der Waals surface area (Å²) in [4.78, 5) is 0. The quantitative estimate of drug-likeness (QED) is 0.612. The van der Waals surface area contributed by atoms with Crippen LogP contribution in [0.3, 0.4) is 0 Å². The average Bonchev–Trinajstić information content (AvgIpc) is 2.23. The van der Waals surface area contributed by atoms with Crippen LogP contribution in [0.2, 0.25) is 0 Å². The van der Waals surface area contributed by atoms with Gasteiger partial charge in [0.15, 0.2) is 0 Å². The zero-order valence-corrected chi connectivity index (χ0v) is 11.4. The molecule has 0 bridgehead atoms. The van der Waals surface area contributed by atoms with Gasteiger partial charge in [-0.2, -0.15) is 11.8 Å². The molecule has 1 unspecified atom stereocenters. The molecule has 0 spiro atoms. The Morgan fingerprint density at radius 1 is 1.25 bits per heavy atom. The van der Waals surface area contributed by atoms with Crippen LogP contribution >= 0.6 is 11.8 Å². The summed E-state index contributed by atoms with van der Waals surface area (Å²) in [7, 11) is 0. The summed E-state index contributed by atoms with van der Waals surface area (Å²) in [6.07, 6.45) is 0. The first-order valence-electron chi connectivity index (χ1n) is 5.69. The van der Waals surface area contributed by atoms with E-state index in [1.807, 2.05) is 11.8 Å². The minimum absolute atomic E-state index is 0.242. The highest BCUT2D eigenvalue weighted by molar-refractivity contribution is 7.99. The fourth-order valence-corrected chi connectivity index (χ4v) is 2.38. The van der Waals surface area contributed by atoms with Crippen molar-refractivity contribution < 1.29 is 0 Å². The monoisotopic (exact) mass is 238 g/mol. The maximum atomic E-state index is 5.62. The maximum Gasteiger partial charge on any atom is 0.0550 e. The number of benzene rings is 1. The SMILES string of the molecule is Cc1ccc(C(CSC(C)C)NN)cc1C. The second-order valence-electron chi connectivity index (χ2n) is 4.45. The maximum absolute atomic E-state index is 5.62. The van der Waals surface area contributed by atoms with Crippen LogP contribution in [-0.2, 0) is 0 Å². The molecule has 3 N–H and O–H groups in total. The topological polar surface area (TPSA) is 38.0 Å². The summed E-state index contributed by atoms with van der Waals surface area (Å²) >= 11 is 1.93. The third-order valence-corrected chi connectivity index (χ3v) is 3.92. The van der Waals surface area contributed by atoms with E-state index in [4.69, 9.17) is 5.84 Å². The lowest BCUT2D eigenvalue weighted by molar-refractivity contribution is 0.609. The lowest BCUT2D eigenvalue weighted by Gasteiger charge is -2.18. The molecule has 1 atom stereocenters. The normalized spacial score (nSPS) is 13.1. The molecule has 0 aromatic heterocycles. The summed E-state index contributed by atoms with van der Waals surface area (Å²) in [5.41, 5.74) is 6.83. The van der Waals surface area contributed by atoms with Crippen molar-refractivity contribution in [2.45, 2.75) is 39.0 Å². The van der Waals surface area contributed by atoms with Crippen LogP contribution in [-0.4, -0.2) is 11.0 Å². The third kappa shape index (κ3) is 3.81. The first-order chi connectivity index (χ1) is 7.54. The van der Waals surface area contributed by atoms with Crippen molar-refractivity contribution in [3.8, 4) is 0 Å². The van der Waals surface area contributed by atoms with Gasteiger partial charge in [-0.05, 0) is 35.8 Å². The Morgan fingerprint density at radius 3 is 2.44 bits per heavy atom. The standard InChI is InChI=1S/C13H22N2S/c1-9(2)16-8-13(15-14)12-6-5-10(3)11(4)7-12/h5-7,9,13,15H,8,14H2,1-4H3. The van der Waals surface area contributed by atoms with Gasteiger partial charge >= 0.3 is 0 Å². The molecule has 1 rings (SSSR count). The smallest absolute Gasteiger partial charge is 0.0550 e. The van der Waals surface area contributed by atoms with Crippen LogP contribution in [0.4, 0.5) is 0 Å². The molecule has 0 saturated carbocycles. The van der Waals surface area contributed by atoms with Gasteiger partial charge in [-0.1, -0.05) is 32.0 Å².